The molecular formula is C26H36N2O6. The quantitative estimate of drug-likeness (QED) is 0.537. The Morgan fingerprint density at radius 2 is 1.09 bits per heavy atom. The summed E-state index contributed by atoms with van der Waals surface area (Å²) in [5.74, 6) is -1.60. The van der Waals surface area contributed by atoms with Crippen LogP contribution >= 0.6 is 0 Å². The van der Waals surface area contributed by atoms with Crippen LogP contribution in [0.15, 0.2) is 24.3 Å². The second-order valence-corrected chi connectivity index (χ2v) is 9.02. The minimum absolute atomic E-state index is 0.177. The van der Waals surface area contributed by atoms with Gasteiger partial charge in [0.25, 0.3) is 11.8 Å². The van der Waals surface area contributed by atoms with Crippen LogP contribution in [-0.2, 0) is 19.1 Å². The SMILES string of the molecule is CCC1CCCCN1C(=O)COC(=O)c1ccc(C(=O)OCC(=O)N2CCCCC2CC)cc1. The van der Waals surface area contributed by atoms with Crippen LogP contribution in [0.25, 0.3) is 0 Å². The number of rotatable bonds is 8. The molecule has 1 aromatic carbocycles. The van der Waals surface area contributed by atoms with E-state index in [1.807, 2.05) is 9.80 Å². The Morgan fingerprint density at radius 1 is 0.706 bits per heavy atom. The molecule has 2 atom stereocenters. The summed E-state index contributed by atoms with van der Waals surface area (Å²) in [5, 5.41) is 0. The number of ether oxygens (including phenoxy) is 2. The molecule has 0 radical (unpaired) electrons. The van der Waals surface area contributed by atoms with Gasteiger partial charge in [-0.2, -0.15) is 0 Å². The van der Waals surface area contributed by atoms with Gasteiger partial charge < -0.3 is 19.3 Å². The minimum atomic E-state index is -0.621. The summed E-state index contributed by atoms with van der Waals surface area (Å²) in [6.07, 6.45) is 7.91. The van der Waals surface area contributed by atoms with Crippen molar-refractivity contribution in [3.8, 4) is 0 Å². The Morgan fingerprint density at radius 3 is 1.44 bits per heavy atom. The van der Waals surface area contributed by atoms with E-state index in [4.69, 9.17) is 9.47 Å². The van der Waals surface area contributed by atoms with Crippen molar-refractivity contribution in [3.05, 3.63) is 35.4 Å². The van der Waals surface area contributed by atoms with E-state index in [-0.39, 0.29) is 48.2 Å². The number of likely N-dealkylation sites (tertiary alicyclic amines) is 2. The number of hydrogen-bond acceptors (Lipinski definition) is 6. The molecule has 2 saturated heterocycles. The topological polar surface area (TPSA) is 93.2 Å². The summed E-state index contributed by atoms with van der Waals surface area (Å²) in [6.45, 7) is 4.92. The van der Waals surface area contributed by atoms with Gasteiger partial charge in [0.2, 0.25) is 0 Å². The molecule has 0 saturated carbocycles. The van der Waals surface area contributed by atoms with E-state index in [1.54, 1.807) is 0 Å². The maximum Gasteiger partial charge on any atom is 0.338 e. The van der Waals surface area contributed by atoms with Gasteiger partial charge in [0, 0.05) is 25.2 Å². The Kier molecular flexibility index (Phi) is 9.48. The van der Waals surface area contributed by atoms with Gasteiger partial charge in [-0.15, -0.1) is 0 Å². The summed E-state index contributed by atoms with van der Waals surface area (Å²) in [4.78, 5) is 53.3. The predicted molar refractivity (Wildman–Crippen MR) is 126 cm³/mol. The second kappa shape index (κ2) is 12.5. The number of carbonyl (C=O) groups excluding carboxylic acids is 4. The second-order valence-electron chi connectivity index (χ2n) is 9.02. The number of esters is 2. The van der Waals surface area contributed by atoms with E-state index in [2.05, 4.69) is 13.8 Å². The highest BCUT2D eigenvalue weighted by atomic mass is 16.5. The highest BCUT2D eigenvalue weighted by Gasteiger charge is 2.27. The Hall–Kier alpha value is -2.90. The molecule has 0 aliphatic carbocycles. The van der Waals surface area contributed by atoms with E-state index >= 15 is 0 Å². The lowest BCUT2D eigenvalue weighted by Crippen LogP contribution is -2.45. The third-order valence-corrected chi connectivity index (χ3v) is 6.85. The van der Waals surface area contributed by atoms with Crippen LogP contribution in [0, 0.1) is 0 Å². The fourth-order valence-corrected chi connectivity index (χ4v) is 4.84. The smallest absolute Gasteiger partial charge is 0.338 e. The van der Waals surface area contributed by atoms with Crippen LogP contribution in [0.4, 0.5) is 0 Å². The van der Waals surface area contributed by atoms with Crippen molar-refractivity contribution in [1.82, 2.24) is 9.80 Å². The van der Waals surface area contributed by atoms with Gasteiger partial charge in [-0.05, 0) is 75.6 Å². The first-order chi connectivity index (χ1) is 16.4. The molecular weight excluding hydrogens is 436 g/mol. The van der Waals surface area contributed by atoms with Crippen molar-refractivity contribution >= 4 is 23.8 Å². The minimum Gasteiger partial charge on any atom is -0.452 e. The summed E-state index contributed by atoms with van der Waals surface area (Å²) < 4.78 is 10.4. The van der Waals surface area contributed by atoms with Gasteiger partial charge in [0.15, 0.2) is 13.2 Å². The molecule has 0 N–H and O–H groups in total. The molecule has 34 heavy (non-hydrogen) atoms. The Labute approximate surface area is 201 Å². The zero-order valence-electron chi connectivity index (χ0n) is 20.3. The van der Waals surface area contributed by atoms with Gasteiger partial charge in [-0.3, -0.25) is 9.59 Å². The summed E-state index contributed by atoms with van der Waals surface area (Å²) in [7, 11) is 0. The molecule has 2 aliphatic rings. The van der Waals surface area contributed by atoms with Crippen molar-refractivity contribution in [1.29, 1.82) is 0 Å². The number of carbonyl (C=O) groups is 4. The van der Waals surface area contributed by atoms with Crippen LogP contribution in [0.5, 0.6) is 0 Å². The Bertz CT molecular complexity index is 798. The fourth-order valence-electron chi connectivity index (χ4n) is 4.84. The number of piperidine rings is 2. The lowest BCUT2D eigenvalue weighted by molar-refractivity contribution is -0.139. The molecule has 2 unspecified atom stereocenters. The van der Waals surface area contributed by atoms with E-state index in [0.29, 0.717) is 13.1 Å². The van der Waals surface area contributed by atoms with Crippen LogP contribution in [-0.4, -0.2) is 71.9 Å². The van der Waals surface area contributed by atoms with Crippen molar-refractivity contribution in [2.24, 2.45) is 0 Å². The van der Waals surface area contributed by atoms with Crippen LogP contribution < -0.4 is 0 Å². The lowest BCUT2D eigenvalue weighted by atomic mass is 10.00. The molecule has 2 heterocycles. The maximum absolute atomic E-state index is 12.5. The van der Waals surface area contributed by atoms with Crippen LogP contribution in [0.2, 0.25) is 0 Å². The molecule has 2 aliphatic heterocycles. The van der Waals surface area contributed by atoms with Crippen molar-refractivity contribution in [2.75, 3.05) is 26.3 Å². The highest BCUT2D eigenvalue weighted by molar-refractivity contribution is 5.95. The Balaban J connectivity index is 1.47. The van der Waals surface area contributed by atoms with Gasteiger partial charge in [-0.25, -0.2) is 9.59 Å². The van der Waals surface area contributed by atoms with E-state index in [0.717, 1.165) is 51.4 Å². The normalized spacial score (nSPS) is 20.5. The highest BCUT2D eigenvalue weighted by Crippen LogP contribution is 2.21. The zero-order chi connectivity index (χ0) is 24.5. The van der Waals surface area contributed by atoms with E-state index < -0.39 is 11.9 Å². The van der Waals surface area contributed by atoms with Crippen LogP contribution in [0.3, 0.4) is 0 Å². The van der Waals surface area contributed by atoms with Gasteiger partial charge in [0.1, 0.15) is 0 Å². The largest absolute Gasteiger partial charge is 0.452 e. The zero-order valence-corrected chi connectivity index (χ0v) is 20.3. The monoisotopic (exact) mass is 472 g/mol. The van der Waals surface area contributed by atoms with Crippen molar-refractivity contribution < 1.29 is 28.7 Å². The molecule has 0 spiro atoms. The molecule has 1 aromatic rings. The van der Waals surface area contributed by atoms with Gasteiger partial charge >= 0.3 is 11.9 Å². The van der Waals surface area contributed by atoms with Crippen molar-refractivity contribution in [3.63, 3.8) is 0 Å². The van der Waals surface area contributed by atoms with Crippen LogP contribution in [0.1, 0.15) is 85.9 Å². The van der Waals surface area contributed by atoms with Gasteiger partial charge in [0.05, 0.1) is 11.1 Å². The molecule has 2 fully saturated rings. The molecule has 0 aromatic heterocycles. The van der Waals surface area contributed by atoms with Crippen molar-refractivity contribution in [2.45, 2.75) is 77.3 Å². The first kappa shape index (κ1) is 25.7. The predicted octanol–water partition coefficient (Wildman–Crippen LogP) is 3.58. The number of nitrogens with zero attached hydrogens (tertiary/aromatic N) is 2. The van der Waals surface area contributed by atoms with Gasteiger partial charge in [-0.1, -0.05) is 13.8 Å². The average molecular weight is 473 g/mol. The third kappa shape index (κ3) is 6.58. The standard InChI is InChI=1S/C26H36N2O6/c1-3-21-9-5-7-15-27(21)23(29)17-33-25(31)19-11-13-20(14-12-19)26(32)34-18-24(30)28-16-8-6-10-22(28)4-2/h11-14,21-22H,3-10,15-18H2,1-2H3. The molecule has 2 amide bonds. The lowest BCUT2D eigenvalue weighted by Gasteiger charge is -2.35. The maximum atomic E-state index is 12.5. The molecule has 3 rings (SSSR count). The average Bonchev–Trinajstić information content (AvgIpc) is 2.89. The first-order valence-corrected chi connectivity index (χ1v) is 12.5. The molecule has 0 bridgehead atoms. The molecule has 8 heteroatoms. The van der Waals surface area contributed by atoms with E-state index in [1.165, 1.54) is 24.3 Å². The number of hydrogen-bond donors (Lipinski definition) is 0. The number of benzene rings is 1. The summed E-state index contributed by atoms with van der Waals surface area (Å²) in [6, 6.07) is 6.24. The summed E-state index contributed by atoms with van der Waals surface area (Å²) >= 11 is 0. The number of amides is 2. The fraction of sp³-hybridized carbons (Fsp3) is 0.615. The molecule has 186 valence electrons. The van der Waals surface area contributed by atoms with E-state index in [9.17, 15) is 19.2 Å². The third-order valence-electron chi connectivity index (χ3n) is 6.85. The first-order valence-electron chi connectivity index (χ1n) is 12.5. The summed E-state index contributed by atoms with van der Waals surface area (Å²) in [5.41, 5.74) is 0.482. The molecule has 8 nitrogen and oxygen atoms in total.